The number of aliphatic hydroxyl groups is 2. The van der Waals surface area contributed by atoms with Crippen LogP contribution in [0.4, 0.5) is 0 Å². The molecule has 20 nitrogen and oxygen atoms in total. The van der Waals surface area contributed by atoms with Gasteiger partial charge in [0.2, 0.25) is 0 Å². The number of aromatic nitrogens is 2. The van der Waals surface area contributed by atoms with Gasteiger partial charge < -0.3 is 29.0 Å². The topological polar surface area (TPSA) is 170 Å². The van der Waals surface area contributed by atoms with E-state index < -0.39 is 32.8 Å². The zero-order chi connectivity index (χ0) is 87.5. The molecule has 760 valence electrons. The Morgan fingerprint density at radius 2 is 0.669 bits per heavy atom. The molecule has 1 aromatic rings. The molecule has 10 aliphatic rings. The van der Waals surface area contributed by atoms with Crippen molar-refractivity contribution in [1.29, 1.82) is 0 Å². The van der Waals surface area contributed by atoms with Crippen molar-refractivity contribution in [1.82, 2.24) is 58.6 Å². The highest BCUT2D eigenvalue weighted by molar-refractivity contribution is 7.99. The predicted octanol–water partition coefficient (Wildman–Crippen LogP) is 21.6. The molecule has 11 heterocycles. The minimum Gasteiger partial charge on any atom is -0.389 e. The first-order valence-corrected chi connectivity index (χ1v) is 48.4. The average Bonchev–Trinajstić information content (AvgIpc) is 1.63. The molecule has 0 amide bonds. The Morgan fingerprint density at radius 3 is 0.944 bits per heavy atom. The number of piperidine rings is 1. The number of aliphatic hydroxyl groups excluding tert-OH is 2. The quantitative estimate of drug-likeness (QED) is 0.251. The van der Waals surface area contributed by atoms with Crippen LogP contribution in [-0.4, -0.2) is 345 Å². The van der Waals surface area contributed by atoms with Gasteiger partial charge in [-0.3, -0.25) is 53.2 Å². The van der Waals surface area contributed by atoms with Gasteiger partial charge in [-0.05, 0) is 307 Å². The fourth-order valence-corrected chi connectivity index (χ4v) is 18.2. The monoisotopic (exact) mass is 1840 g/mol. The van der Waals surface area contributed by atoms with E-state index >= 15 is 0 Å². The second-order valence-corrected chi connectivity index (χ2v) is 50.1. The van der Waals surface area contributed by atoms with E-state index in [9.17, 15) is 22.8 Å². The van der Waals surface area contributed by atoms with E-state index in [1.165, 1.54) is 83.1 Å². The number of rotatable bonds is 0. The zero-order valence-corrected chi connectivity index (χ0v) is 83.5. The average molecular weight is 1840 g/mol. The number of hydrogen-bond donors (Lipinski definition) is 2. The molecule has 0 bridgehead atoms. The van der Waals surface area contributed by atoms with E-state index in [-0.39, 0.29) is 133 Å². The smallest absolute Gasteiger partial charge is 0.163 e. The Labute approximate surface area is 787 Å². The van der Waals surface area contributed by atoms with E-state index in [0.29, 0.717) is 84.1 Å². The summed E-state index contributed by atoms with van der Waals surface area (Å²) in [4.78, 5) is 28.3. The molecule has 10 aliphatic heterocycles. The van der Waals surface area contributed by atoms with Gasteiger partial charge in [-0.15, -0.1) is 0 Å². The maximum atomic E-state index is 11.1. The molecule has 23 heteroatoms. The predicted molar refractivity (Wildman–Crippen MR) is 562 cm³/mol. The third kappa shape index (κ3) is 55.7. The SMILES string of the molecule is C.C.C.C.C.C.C.C.C.C.C.CC(C)(C)N1CCS(=O)(=O)CC1.CC(C)(C)N1CCS(=O)CC1.CC(C)(C)N1CCSCC1.CC(C)(C)N1C[C@@H](O)[C@@H](O)C1.CC(C)(C)n1ccnc1.CC1(C)O[C@H]2CN(C(C)(C)C)C[C@H]2O1.CC1CCN(C(C)(C)C)C1.CC1CCN(C(C)(C)C)CC1.CC1CN(C(C)(C)C)CC(C)N1C.CC1CN(C(C)(C)C)CC(C)O1. The standard InChI is InChI=1S/C11H24N2.C11H21NO2.C10H21NO.C10H21N.C9H19N.C8H17NO2S.C8H17NO2.C8H17NOS.C8H17NS.C7H12N2.11CH4/c1-9-7-13(11(3,4)5)8-10(2)12(9)6;1-10(2,3)12-6-8-9(7-12)14-11(4,5)13-8;1-8-6-11(10(3,4)5)7-9(2)12-8;1-9-5-7-11(8-6-9)10(2,3)4;1-8-5-6-10(7-8)9(2,3)4;1-8(2,3)9-4-6-12(10,11)7-5-9;1-8(2,3)9-4-6(10)7(11)5-9;1-8(2,3)9-4-6-11(10)7-5-9;1-8(2,3)9-4-6-10-7-5-9;1-7(2,3)9-5-4-8-6-9;;;;;;;;;;;/h9-10H,7-8H2,1-6H3;8-9H,6-7H2,1-5H3;8-9H,6-7H2,1-5H3;9H,5-8H2,1-4H3;8H,5-7H2,1-4H3;4-7H2,1-3H3;6-7,10-11H,4-5H2,1-3H3;4-7H2,1-3H3;4-7H2,1-3H3;4-6H,1-3H3;11*1H4/t;8-,9+;;;;;6-,7+;;;;;;;;;;;;;;. The zero-order valence-electron chi connectivity index (χ0n) is 81.0. The highest BCUT2D eigenvalue weighted by atomic mass is 32.2. The van der Waals surface area contributed by atoms with Crippen LogP contribution in [0, 0.1) is 11.8 Å². The summed E-state index contributed by atoms with van der Waals surface area (Å²) in [6.07, 6.45) is 9.94. The first-order valence-electron chi connectivity index (χ1n) is 43.9. The third-order valence-electron chi connectivity index (χ3n) is 23.7. The van der Waals surface area contributed by atoms with Gasteiger partial charge in [0.1, 0.15) is 12.2 Å². The molecule has 0 aliphatic carbocycles. The molecule has 9 atom stereocenters. The summed E-state index contributed by atoms with van der Waals surface area (Å²) in [6, 6.07) is 1.37. The maximum absolute atomic E-state index is 11.1. The summed E-state index contributed by atoms with van der Waals surface area (Å²) in [6.45, 7) is 103. The van der Waals surface area contributed by atoms with Crippen molar-refractivity contribution < 1.29 is 37.1 Å². The van der Waals surface area contributed by atoms with Gasteiger partial charge in [-0.2, -0.15) is 11.8 Å². The first kappa shape index (κ1) is 143. The largest absolute Gasteiger partial charge is 0.389 e. The number of likely N-dealkylation sites (N-methyl/N-ethyl adjacent to an activating group) is 1. The molecule has 5 unspecified atom stereocenters. The second-order valence-electron chi connectivity index (χ2n) is 44.8. The Kier molecular flexibility index (Phi) is 69.9. The highest BCUT2D eigenvalue weighted by Crippen LogP contribution is 2.36. The molecule has 11 rings (SSSR count). The Hall–Kier alpha value is -0.940. The lowest BCUT2D eigenvalue weighted by Gasteiger charge is -2.48. The fraction of sp³-hybridized carbons (Fsp3) is 0.970. The lowest BCUT2D eigenvalue weighted by atomic mass is 9.95. The molecular weight excluding hydrogens is 1610 g/mol. The molecule has 0 saturated carbocycles. The number of piperazine rings is 1. The lowest BCUT2D eigenvalue weighted by Crippen LogP contribution is -2.59. The number of nitrogens with zero attached hydrogens (tertiary/aromatic N) is 12. The first-order chi connectivity index (χ1) is 50.9. The van der Waals surface area contributed by atoms with Crippen LogP contribution in [0.2, 0.25) is 0 Å². The normalized spacial score (nSPS) is 25.9. The number of fused-ring (bicyclic) bond motifs is 1. The van der Waals surface area contributed by atoms with Crippen LogP contribution in [0.25, 0.3) is 0 Å². The molecule has 0 spiro atoms. The van der Waals surface area contributed by atoms with Gasteiger partial charge in [0, 0.05) is 212 Å². The van der Waals surface area contributed by atoms with E-state index in [1.54, 1.807) is 6.20 Å². The summed E-state index contributed by atoms with van der Waals surface area (Å²) in [7, 11) is -1.02. The third-order valence-corrected chi connectivity index (χ3v) is 27.5. The van der Waals surface area contributed by atoms with Crippen LogP contribution in [0.15, 0.2) is 18.7 Å². The number of ether oxygens (including phenoxy) is 3. The molecule has 2 N–H and O–H groups in total. The van der Waals surface area contributed by atoms with Crippen LogP contribution in [-0.2, 0) is 40.4 Å². The van der Waals surface area contributed by atoms with Crippen molar-refractivity contribution in [2.45, 2.75) is 474 Å². The molecule has 10 fully saturated rings. The van der Waals surface area contributed by atoms with Crippen molar-refractivity contribution in [2.24, 2.45) is 11.8 Å². The minimum absolute atomic E-state index is 0. The number of β-amino-alcohol motifs (C(OH)–C–C–N with tert-alkyl or cyclic N) is 2. The van der Waals surface area contributed by atoms with Crippen molar-refractivity contribution in [3.05, 3.63) is 18.7 Å². The van der Waals surface area contributed by atoms with Gasteiger partial charge in [-0.1, -0.05) is 95.5 Å². The number of imidazole rings is 1. The second kappa shape index (κ2) is 60.4. The molecule has 0 radical (unpaired) electrons. The number of morpholine rings is 1. The van der Waals surface area contributed by atoms with Crippen molar-refractivity contribution >= 4 is 32.4 Å². The highest BCUT2D eigenvalue weighted by Gasteiger charge is 2.49. The molecule has 1 aromatic heterocycles. The van der Waals surface area contributed by atoms with Crippen LogP contribution in [0.3, 0.4) is 0 Å². The van der Waals surface area contributed by atoms with Gasteiger partial charge in [0.15, 0.2) is 15.6 Å². The van der Waals surface area contributed by atoms with Gasteiger partial charge in [0.25, 0.3) is 0 Å². The van der Waals surface area contributed by atoms with Gasteiger partial charge in [0.05, 0.1) is 42.2 Å². The Bertz CT molecular complexity index is 2810. The molecular formula is C101H230N12O8S3. The van der Waals surface area contributed by atoms with E-state index in [4.69, 9.17) is 14.2 Å². The van der Waals surface area contributed by atoms with Crippen LogP contribution < -0.4 is 0 Å². The summed E-state index contributed by atoms with van der Waals surface area (Å²) in [5, 5.41) is 18.5. The van der Waals surface area contributed by atoms with Crippen LogP contribution in [0.1, 0.15) is 364 Å². The number of thioether (sulfide) groups is 1. The van der Waals surface area contributed by atoms with Crippen molar-refractivity contribution in [3.63, 3.8) is 0 Å². The fourth-order valence-electron chi connectivity index (χ4n) is 15.1. The summed E-state index contributed by atoms with van der Waals surface area (Å²) >= 11 is 2.07. The Balaban J connectivity index is -0.000000144. The summed E-state index contributed by atoms with van der Waals surface area (Å²) in [5.41, 5.74) is 2.60. The van der Waals surface area contributed by atoms with Gasteiger partial charge >= 0.3 is 0 Å². The Morgan fingerprint density at radius 1 is 0.379 bits per heavy atom. The van der Waals surface area contributed by atoms with Crippen molar-refractivity contribution in [2.75, 3.05) is 159 Å². The minimum atomic E-state index is -2.72. The van der Waals surface area contributed by atoms with Crippen LogP contribution in [0.5, 0.6) is 0 Å². The van der Waals surface area contributed by atoms with E-state index in [0.717, 1.165) is 62.6 Å². The molecule has 0 aromatic carbocycles. The van der Waals surface area contributed by atoms with Gasteiger partial charge in [-0.25, -0.2) is 13.4 Å². The van der Waals surface area contributed by atoms with Crippen LogP contribution >= 0.6 is 11.8 Å². The number of sulfone groups is 1. The summed E-state index contributed by atoms with van der Waals surface area (Å²) in [5.74, 6) is 6.49. The van der Waals surface area contributed by atoms with E-state index in [2.05, 4.69) is 327 Å². The number of likely N-dealkylation sites (tertiary alicyclic amines) is 4. The molecule has 10 saturated heterocycles. The van der Waals surface area contributed by atoms with E-state index in [1.807, 2.05) is 26.4 Å². The molecule has 124 heavy (non-hydrogen) atoms. The van der Waals surface area contributed by atoms with Crippen molar-refractivity contribution in [3.8, 4) is 0 Å². The lowest BCUT2D eigenvalue weighted by molar-refractivity contribution is -0.158. The number of hydrogen-bond acceptors (Lipinski definition) is 20. The summed E-state index contributed by atoms with van der Waals surface area (Å²) < 4.78 is 52.6. The maximum Gasteiger partial charge on any atom is 0.163 e.